The second-order valence-electron chi connectivity index (χ2n) is 3.49. The number of aromatic amines is 1. The van der Waals surface area contributed by atoms with E-state index < -0.39 is 0 Å². The molecule has 1 aliphatic rings. The molecule has 1 N–H and O–H groups in total. The molecule has 0 amide bonds. The molecule has 0 radical (unpaired) electrons. The van der Waals surface area contributed by atoms with Gasteiger partial charge in [0.1, 0.15) is 17.8 Å². The number of imidazole rings is 1. The summed E-state index contributed by atoms with van der Waals surface area (Å²) < 4.78 is 9.44. The Bertz CT molecular complexity index is 457. The standard InChI is InChI=1S/C9H6Cl2N2.C3H6O2/c10-7-8(11)13-9(12-7)6-4-2-1-3-5-6;1-2-5-3-4-1/h1-5H,(H,12,13);1-3H2. The van der Waals surface area contributed by atoms with Crippen LogP contribution in [0.25, 0.3) is 11.4 Å². The zero-order chi connectivity index (χ0) is 12.8. The van der Waals surface area contributed by atoms with Gasteiger partial charge in [0.05, 0.1) is 13.2 Å². The van der Waals surface area contributed by atoms with E-state index in [0.29, 0.717) is 22.9 Å². The van der Waals surface area contributed by atoms with Crippen LogP contribution in [0.5, 0.6) is 0 Å². The molecule has 0 unspecified atom stereocenters. The molecule has 3 rings (SSSR count). The maximum atomic E-state index is 5.73. The van der Waals surface area contributed by atoms with Gasteiger partial charge in [-0.3, -0.25) is 0 Å². The first kappa shape index (κ1) is 13.4. The lowest BCUT2D eigenvalue weighted by Gasteiger charge is -1.93. The summed E-state index contributed by atoms with van der Waals surface area (Å²) in [4.78, 5) is 6.94. The Morgan fingerprint density at radius 2 is 1.72 bits per heavy atom. The van der Waals surface area contributed by atoms with E-state index in [9.17, 15) is 0 Å². The minimum atomic E-state index is 0.306. The quantitative estimate of drug-likeness (QED) is 0.874. The van der Waals surface area contributed by atoms with Gasteiger partial charge in [0.2, 0.25) is 0 Å². The molecule has 1 saturated heterocycles. The molecule has 6 heteroatoms. The topological polar surface area (TPSA) is 47.1 Å². The highest BCUT2D eigenvalue weighted by Gasteiger charge is 2.06. The fraction of sp³-hybridized carbons (Fsp3) is 0.250. The van der Waals surface area contributed by atoms with E-state index in [1.807, 2.05) is 30.3 Å². The van der Waals surface area contributed by atoms with Crippen molar-refractivity contribution < 1.29 is 9.47 Å². The van der Waals surface area contributed by atoms with Gasteiger partial charge in [-0.1, -0.05) is 53.5 Å². The number of hydrogen-bond acceptors (Lipinski definition) is 3. The van der Waals surface area contributed by atoms with E-state index in [1.165, 1.54) is 0 Å². The first-order valence-corrected chi connectivity index (χ1v) is 6.15. The van der Waals surface area contributed by atoms with Crippen LogP contribution >= 0.6 is 23.2 Å². The highest BCUT2D eigenvalue weighted by atomic mass is 35.5. The molecule has 1 aromatic heterocycles. The number of rotatable bonds is 1. The number of nitrogens with zero attached hydrogens (tertiary/aromatic N) is 1. The van der Waals surface area contributed by atoms with Crippen molar-refractivity contribution in [2.45, 2.75) is 0 Å². The van der Waals surface area contributed by atoms with Gasteiger partial charge in [0, 0.05) is 5.56 Å². The maximum absolute atomic E-state index is 5.73. The molecule has 1 aliphatic heterocycles. The highest BCUT2D eigenvalue weighted by molar-refractivity contribution is 6.40. The van der Waals surface area contributed by atoms with Crippen molar-refractivity contribution in [3.8, 4) is 11.4 Å². The average molecular weight is 287 g/mol. The van der Waals surface area contributed by atoms with E-state index in [1.54, 1.807) is 0 Å². The van der Waals surface area contributed by atoms with Crippen LogP contribution in [0.4, 0.5) is 0 Å². The van der Waals surface area contributed by atoms with E-state index in [-0.39, 0.29) is 0 Å². The molecule has 1 fully saturated rings. The van der Waals surface area contributed by atoms with Gasteiger partial charge in [-0.2, -0.15) is 0 Å². The van der Waals surface area contributed by atoms with Gasteiger partial charge in [0.25, 0.3) is 0 Å². The second-order valence-corrected chi connectivity index (χ2v) is 4.23. The van der Waals surface area contributed by atoms with Gasteiger partial charge >= 0.3 is 0 Å². The molecule has 0 saturated carbocycles. The van der Waals surface area contributed by atoms with Gasteiger partial charge < -0.3 is 14.5 Å². The third kappa shape index (κ3) is 3.71. The predicted octanol–water partition coefficient (Wildman–Crippen LogP) is 3.37. The third-order valence-electron chi connectivity index (χ3n) is 2.21. The van der Waals surface area contributed by atoms with E-state index in [4.69, 9.17) is 32.7 Å². The molecule has 0 spiro atoms. The van der Waals surface area contributed by atoms with Crippen LogP contribution in [-0.4, -0.2) is 30.0 Å². The Kier molecular flexibility index (Phi) is 5.01. The number of H-pyrrole nitrogens is 1. The minimum Gasteiger partial charge on any atom is -0.353 e. The number of nitrogens with one attached hydrogen (secondary N) is 1. The molecular weight excluding hydrogens is 275 g/mol. The summed E-state index contributed by atoms with van der Waals surface area (Å²) in [7, 11) is 0. The van der Waals surface area contributed by atoms with E-state index >= 15 is 0 Å². The van der Waals surface area contributed by atoms with Crippen LogP contribution in [0.2, 0.25) is 10.3 Å². The summed E-state index contributed by atoms with van der Waals surface area (Å²) in [5.41, 5.74) is 0.969. The summed E-state index contributed by atoms with van der Waals surface area (Å²) in [6, 6.07) is 9.67. The van der Waals surface area contributed by atoms with E-state index in [0.717, 1.165) is 18.8 Å². The lowest BCUT2D eigenvalue weighted by atomic mass is 10.2. The summed E-state index contributed by atoms with van der Waals surface area (Å²) in [6.45, 7) is 2.06. The first-order valence-electron chi connectivity index (χ1n) is 5.39. The summed E-state index contributed by atoms with van der Waals surface area (Å²) in [6.07, 6.45) is 0. The first-order chi connectivity index (χ1) is 8.77. The van der Waals surface area contributed by atoms with E-state index in [2.05, 4.69) is 9.97 Å². The smallest absolute Gasteiger partial charge is 0.166 e. The molecule has 96 valence electrons. The number of aromatic nitrogens is 2. The number of benzene rings is 1. The maximum Gasteiger partial charge on any atom is 0.166 e. The highest BCUT2D eigenvalue weighted by Crippen LogP contribution is 2.23. The Labute approximate surface area is 115 Å². The molecule has 4 nitrogen and oxygen atoms in total. The molecule has 1 aromatic carbocycles. The average Bonchev–Trinajstić information content (AvgIpc) is 3.05. The van der Waals surface area contributed by atoms with Crippen LogP contribution in [0.15, 0.2) is 30.3 Å². The molecule has 0 aliphatic carbocycles. The van der Waals surface area contributed by atoms with Gasteiger partial charge in [0.15, 0.2) is 5.15 Å². The summed E-state index contributed by atoms with van der Waals surface area (Å²) in [5.74, 6) is 0.690. The van der Waals surface area contributed by atoms with Crippen LogP contribution in [-0.2, 0) is 9.47 Å². The van der Waals surface area contributed by atoms with Crippen molar-refractivity contribution in [1.29, 1.82) is 0 Å². The molecule has 18 heavy (non-hydrogen) atoms. The number of hydrogen-bond donors (Lipinski definition) is 1. The molecule has 0 atom stereocenters. The minimum absolute atomic E-state index is 0.306. The zero-order valence-corrected chi connectivity index (χ0v) is 11.0. The predicted molar refractivity (Wildman–Crippen MR) is 70.8 cm³/mol. The zero-order valence-electron chi connectivity index (χ0n) is 9.53. The van der Waals surface area contributed by atoms with Crippen molar-refractivity contribution in [3.63, 3.8) is 0 Å². The van der Waals surface area contributed by atoms with Gasteiger partial charge in [-0.15, -0.1) is 0 Å². The monoisotopic (exact) mass is 286 g/mol. The Balaban J connectivity index is 0.000000202. The van der Waals surface area contributed by atoms with Crippen LogP contribution in [0.1, 0.15) is 0 Å². The van der Waals surface area contributed by atoms with Crippen molar-refractivity contribution in [1.82, 2.24) is 9.97 Å². The SMILES string of the molecule is C1COCO1.Clc1nc(-c2ccccc2)[nH]c1Cl. The molecule has 0 bridgehead atoms. The number of ether oxygens (including phenoxy) is 2. The van der Waals surface area contributed by atoms with Crippen molar-refractivity contribution in [2.24, 2.45) is 0 Å². The summed E-state index contributed by atoms with van der Waals surface area (Å²) >= 11 is 11.4. The Hall–Kier alpha value is -1.07. The fourth-order valence-corrected chi connectivity index (χ4v) is 1.62. The van der Waals surface area contributed by atoms with Crippen molar-refractivity contribution in [2.75, 3.05) is 20.0 Å². The van der Waals surface area contributed by atoms with Gasteiger partial charge in [-0.25, -0.2) is 4.98 Å². The molecular formula is C12H12Cl2N2O2. The summed E-state index contributed by atoms with van der Waals surface area (Å²) in [5, 5.41) is 0.682. The molecule has 2 heterocycles. The Morgan fingerprint density at radius 3 is 2.17 bits per heavy atom. The largest absolute Gasteiger partial charge is 0.353 e. The third-order valence-corrected chi connectivity index (χ3v) is 2.85. The molecule has 2 aromatic rings. The van der Waals surface area contributed by atoms with Crippen LogP contribution < -0.4 is 0 Å². The Morgan fingerprint density at radius 1 is 1.06 bits per heavy atom. The lowest BCUT2D eigenvalue weighted by molar-refractivity contribution is 0.0692. The lowest BCUT2D eigenvalue weighted by Crippen LogP contribution is -1.79. The van der Waals surface area contributed by atoms with Crippen molar-refractivity contribution in [3.05, 3.63) is 40.6 Å². The fourth-order valence-electron chi connectivity index (χ4n) is 1.36. The van der Waals surface area contributed by atoms with Crippen LogP contribution in [0.3, 0.4) is 0 Å². The van der Waals surface area contributed by atoms with Crippen LogP contribution in [0, 0.1) is 0 Å². The van der Waals surface area contributed by atoms with Gasteiger partial charge in [-0.05, 0) is 0 Å². The van der Waals surface area contributed by atoms with Crippen molar-refractivity contribution >= 4 is 23.2 Å². The number of halogens is 2. The normalized spacial score (nSPS) is 14.1. The second kappa shape index (κ2) is 6.75.